The van der Waals surface area contributed by atoms with Crippen molar-refractivity contribution in [2.75, 3.05) is 45.8 Å². The van der Waals surface area contributed by atoms with Crippen molar-refractivity contribution in [3.05, 3.63) is 35.4 Å². The third kappa shape index (κ3) is 6.46. The van der Waals surface area contributed by atoms with Gasteiger partial charge < -0.3 is 20.4 Å². The lowest BCUT2D eigenvalue weighted by atomic mass is 9.89. The number of hydrogen-bond acceptors (Lipinski definition) is 3. The molecule has 29 heavy (non-hydrogen) atoms. The molecule has 1 aromatic rings. The van der Waals surface area contributed by atoms with Crippen molar-refractivity contribution in [1.82, 2.24) is 20.4 Å². The highest BCUT2D eigenvalue weighted by Gasteiger charge is 2.25. The fourth-order valence-corrected chi connectivity index (χ4v) is 4.42. The molecule has 2 aliphatic rings. The van der Waals surface area contributed by atoms with Crippen molar-refractivity contribution in [2.24, 2.45) is 0 Å². The molecule has 3 rings (SSSR count). The van der Waals surface area contributed by atoms with E-state index in [2.05, 4.69) is 21.6 Å². The fraction of sp³-hybridized carbons (Fsp3) is 0.652. The van der Waals surface area contributed by atoms with Gasteiger partial charge in [0.25, 0.3) is 5.91 Å². The first-order valence-corrected chi connectivity index (χ1v) is 11.3. The second-order valence-corrected chi connectivity index (χ2v) is 8.26. The molecule has 0 aliphatic carbocycles. The van der Waals surface area contributed by atoms with E-state index in [4.69, 9.17) is 0 Å². The lowest BCUT2D eigenvalue weighted by Crippen LogP contribution is -2.44. The van der Waals surface area contributed by atoms with E-state index in [1.165, 1.54) is 32.4 Å². The van der Waals surface area contributed by atoms with Crippen molar-refractivity contribution < 1.29 is 9.59 Å². The van der Waals surface area contributed by atoms with Crippen LogP contribution in [0.3, 0.4) is 0 Å². The second-order valence-electron chi connectivity index (χ2n) is 8.26. The topological polar surface area (TPSA) is 64.7 Å². The molecule has 0 radical (unpaired) electrons. The van der Waals surface area contributed by atoms with Gasteiger partial charge in [0.1, 0.15) is 0 Å². The van der Waals surface area contributed by atoms with E-state index in [-0.39, 0.29) is 11.9 Å². The van der Waals surface area contributed by atoms with Gasteiger partial charge in [0.15, 0.2) is 0 Å². The molecule has 1 atom stereocenters. The number of urea groups is 1. The van der Waals surface area contributed by atoms with Gasteiger partial charge >= 0.3 is 6.03 Å². The van der Waals surface area contributed by atoms with Gasteiger partial charge in [0, 0.05) is 37.7 Å². The minimum atomic E-state index is 0.00175. The molecule has 2 heterocycles. The molecule has 0 saturated carbocycles. The Labute approximate surface area is 175 Å². The van der Waals surface area contributed by atoms with E-state index in [1.807, 2.05) is 30.0 Å². The van der Waals surface area contributed by atoms with Gasteiger partial charge in [-0.3, -0.25) is 4.79 Å². The summed E-state index contributed by atoms with van der Waals surface area (Å²) in [6.45, 7) is 8.29. The Balaban J connectivity index is 1.49. The van der Waals surface area contributed by atoms with Gasteiger partial charge in [-0.15, -0.1) is 0 Å². The summed E-state index contributed by atoms with van der Waals surface area (Å²) in [5, 5.41) is 5.96. The van der Waals surface area contributed by atoms with E-state index in [9.17, 15) is 9.59 Å². The summed E-state index contributed by atoms with van der Waals surface area (Å²) in [4.78, 5) is 29.1. The van der Waals surface area contributed by atoms with Gasteiger partial charge in [-0.25, -0.2) is 4.79 Å². The van der Waals surface area contributed by atoms with E-state index in [0.29, 0.717) is 25.6 Å². The Morgan fingerprint density at radius 3 is 2.69 bits per heavy atom. The quantitative estimate of drug-likeness (QED) is 0.691. The van der Waals surface area contributed by atoms with E-state index in [1.54, 1.807) is 0 Å². The minimum Gasteiger partial charge on any atom is -0.352 e. The van der Waals surface area contributed by atoms with Crippen LogP contribution in [0.5, 0.6) is 0 Å². The van der Waals surface area contributed by atoms with E-state index >= 15 is 0 Å². The Bertz CT molecular complexity index is 673. The number of benzene rings is 1. The number of carbonyl (C=O) groups excluding carboxylic acids is 2. The Kier molecular flexibility index (Phi) is 8.35. The Morgan fingerprint density at radius 1 is 1.07 bits per heavy atom. The highest BCUT2D eigenvalue weighted by Crippen LogP contribution is 2.27. The van der Waals surface area contributed by atoms with Gasteiger partial charge in [-0.05, 0) is 76.4 Å². The molecule has 0 unspecified atom stereocenters. The molecule has 2 N–H and O–H groups in total. The zero-order valence-corrected chi connectivity index (χ0v) is 17.8. The molecular formula is C23H36N4O2. The molecule has 0 aromatic heterocycles. The molecule has 0 bridgehead atoms. The van der Waals surface area contributed by atoms with Crippen LogP contribution in [0.2, 0.25) is 0 Å². The third-order valence-electron chi connectivity index (χ3n) is 6.04. The van der Waals surface area contributed by atoms with Crippen LogP contribution in [0.1, 0.15) is 67.3 Å². The number of piperidine rings is 2. The van der Waals surface area contributed by atoms with Crippen LogP contribution in [0.15, 0.2) is 24.3 Å². The van der Waals surface area contributed by atoms with Crippen molar-refractivity contribution >= 4 is 11.9 Å². The predicted molar refractivity (Wildman–Crippen MR) is 116 cm³/mol. The van der Waals surface area contributed by atoms with Gasteiger partial charge in [-0.2, -0.15) is 0 Å². The largest absolute Gasteiger partial charge is 0.352 e. The first kappa shape index (κ1) is 21.6. The zero-order chi connectivity index (χ0) is 20.5. The second kappa shape index (κ2) is 11.2. The first-order chi connectivity index (χ1) is 14.2. The first-order valence-electron chi connectivity index (χ1n) is 11.3. The number of amides is 3. The van der Waals surface area contributed by atoms with Crippen molar-refractivity contribution in [3.8, 4) is 0 Å². The molecule has 3 amide bonds. The van der Waals surface area contributed by atoms with Gasteiger partial charge in [-0.1, -0.05) is 18.6 Å². The van der Waals surface area contributed by atoms with E-state index < -0.39 is 0 Å². The molecular weight excluding hydrogens is 364 g/mol. The number of carbonyl (C=O) groups is 2. The van der Waals surface area contributed by atoms with Crippen molar-refractivity contribution in [3.63, 3.8) is 0 Å². The summed E-state index contributed by atoms with van der Waals surface area (Å²) < 4.78 is 0. The summed E-state index contributed by atoms with van der Waals surface area (Å²) in [6.07, 6.45) is 7.00. The smallest absolute Gasteiger partial charge is 0.317 e. The molecule has 0 spiro atoms. The molecule has 2 aliphatic heterocycles. The summed E-state index contributed by atoms with van der Waals surface area (Å²) in [7, 11) is 0. The van der Waals surface area contributed by atoms with Crippen molar-refractivity contribution in [1.29, 1.82) is 0 Å². The van der Waals surface area contributed by atoms with Crippen LogP contribution in [0.4, 0.5) is 4.79 Å². The van der Waals surface area contributed by atoms with Crippen molar-refractivity contribution in [2.45, 2.75) is 51.4 Å². The summed E-state index contributed by atoms with van der Waals surface area (Å²) >= 11 is 0. The molecule has 2 fully saturated rings. The number of nitrogens with zero attached hydrogens (tertiary/aromatic N) is 2. The minimum absolute atomic E-state index is 0.00175. The highest BCUT2D eigenvalue weighted by molar-refractivity contribution is 5.94. The SMILES string of the molecule is CCNC(=O)N1CCC[C@@H](c2cccc(C(=O)NCCCN3CCCCC3)c2)C1. The molecule has 2 saturated heterocycles. The molecule has 6 heteroatoms. The monoisotopic (exact) mass is 400 g/mol. The van der Waals surface area contributed by atoms with Crippen LogP contribution < -0.4 is 10.6 Å². The normalized spacial score (nSPS) is 20.3. The maximum atomic E-state index is 12.6. The highest BCUT2D eigenvalue weighted by atomic mass is 16.2. The third-order valence-corrected chi connectivity index (χ3v) is 6.04. The van der Waals surface area contributed by atoms with Crippen LogP contribution in [-0.4, -0.2) is 67.6 Å². The van der Waals surface area contributed by atoms with Crippen LogP contribution in [-0.2, 0) is 0 Å². The fourth-order valence-electron chi connectivity index (χ4n) is 4.42. The van der Waals surface area contributed by atoms with Gasteiger partial charge in [0.2, 0.25) is 0 Å². The lowest BCUT2D eigenvalue weighted by Gasteiger charge is -2.33. The summed E-state index contributed by atoms with van der Waals surface area (Å²) in [5.41, 5.74) is 1.87. The number of rotatable bonds is 7. The summed E-state index contributed by atoms with van der Waals surface area (Å²) in [6, 6.07) is 7.95. The predicted octanol–water partition coefficient (Wildman–Crippen LogP) is 3.20. The standard InChI is InChI=1S/C23H36N4O2/c1-2-24-23(29)27-16-7-11-21(18-27)19-9-6-10-20(17-19)22(28)25-12-8-15-26-13-4-3-5-14-26/h6,9-10,17,21H,2-5,7-8,11-16,18H2,1H3,(H,24,29)(H,25,28)/t21-/m1/s1. The number of nitrogens with one attached hydrogen (secondary N) is 2. The zero-order valence-electron chi connectivity index (χ0n) is 17.8. The molecule has 1 aromatic carbocycles. The Morgan fingerprint density at radius 2 is 1.90 bits per heavy atom. The maximum Gasteiger partial charge on any atom is 0.317 e. The average Bonchev–Trinajstić information content (AvgIpc) is 2.77. The van der Waals surface area contributed by atoms with Crippen LogP contribution >= 0.6 is 0 Å². The lowest BCUT2D eigenvalue weighted by molar-refractivity contribution is 0.0950. The van der Waals surface area contributed by atoms with E-state index in [0.717, 1.165) is 43.5 Å². The number of hydrogen-bond donors (Lipinski definition) is 2. The summed E-state index contributed by atoms with van der Waals surface area (Å²) in [5.74, 6) is 0.292. The average molecular weight is 401 g/mol. The maximum absolute atomic E-state index is 12.6. The number of likely N-dealkylation sites (tertiary alicyclic amines) is 2. The van der Waals surface area contributed by atoms with Crippen LogP contribution in [0.25, 0.3) is 0 Å². The van der Waals surface area contributed by atoms with Gasteiger partial charge in [0.05, 0.1) is 0 Å². The molecule has 6 nitrogen and oxygen atoms in total. The molecule has 160 valence electrons. The van der Waals surface area contributed by atoms with Crippen LogP contribution in [0, 0.1) is 0 Å². The Hall–Kier alpha value is -2.08.